The molecular weight excluding hydrogens is 339 g/mol. The van der Waals surface area contributed by atoms with Crippen LogP contribution in [-0.4, -0.2) is 16.9 Å². The molecule has 0 atom stereocenters. The lowest BCUT2D eigenvalue weighted by Crippen LogP contribution is -2.16. The minimum absolute atomic E-state index is 0.227. The molecule has 6 heteroatoms. The van der Waals surface area contributed by atoms with E-state index in [4.69, 9.17) is 11.6 Å². The Labute approximate surface area is 141 Å². The number of thiazole rings is 1. The Bertz CT molecular complexity index is 752. The molecule has 0 amide bonds. The van der Waals surface area contributed by atoms with Crippen LogP contribution in [0.5, 0.6) is 0 Å². The first-order chi connectivity index (χ1) is 10.6. The molecule has 0 saturated heterocycles. The zero-order chi connectivity index (χ0) is 15.5. The van der Waals surface area contributed by atoms with E-state index >= 15 is 0 Å². The van der Waals surface area contributed by atoms with E-state index < -0.39 is 0 Å². The highest BCUT2D eigenvalue weighted by Crippen LogP contribution is 2.25. The van der Waals surface area contributed by atoms with Gasteiger partial charge in [0.2, 0.25) is 0 Å². The maximum Gasteiger partial charge on any atom is 0.123 e. The van der Waals surface area contributed by atoms with Crippen molar-refractivity contribution in [3.63, 3.8) is 0 Å². The minimum Gasteiger partial charge on any atom is -0.295 e. The SMILES string of the molecule is CN(Cc1csc(-c2ccc(F)cc2)n1)Cc1ccc(Cl)s1. The van der Waals surface area contributed by atoms with Gasteiger partial charge in [0.05, 0.1) is 10.0 Å². The van der Waals surface area contributed by atoms with Crippen LogP contribution >= 0.6 is 34.3 Å². The fraction of sp³-hybridized carbons (Fsp3) is 0.188. The molecule has 0 unspecified atom stereocenters. The fourth-order valence-electron chi connectivity index (χ4n) is 2.14. The van der Waals surface area contributed by atoms with E-state index in [1.165, 1.54) is 17.0 Å². The summed E-state index contributed by atoms with van der Waals surface area (Å²) in [5, 5.41) is 2.97. The van der Waals surface area contributed by atoms with Gasteiger partial charge in [-0.3, -0.25) is 4.90 Å². The van der Waals surface area contributed by atoms with Crippen LogP contribution in [-0.2, 0) is 13.1 Å². The number of hydrogen-bond donors (Lipinski definition) is 0. The third-order valence-corrected chi connectivity index (χ3v) is 5.29. The molecule has 114 valence electrons. The molecule has 2 nitrogen and oxygen atoms in total. The summed E-state index contributed by atoms with van der Waals surface area (Å²) in [6, 6.07) is 10.4. The molecule has 22 heavy (non-hydrogen) atoms. The third-order valence-electron chi connectivity index (χ3n) is 3.13. The molecule has 2 heterocycles. The van der Waals surface area contributed by atoms with Gasteiger partial charge in [0.25, 0.3) is 0 Å². The van der Waals surface area contributed by atoms with Gasteiger partial charge < -0.3 is 0 Å². The first kappa shape index (κ1) is 15.6. The van der Waals surface area contributed by atoms with E-state index in [1.807, 2.05) is 6.07 Å². The Morgan fingerprint density at radius 2 is 1.91 bits per heavy atom. The highest BCUT2D eigenvalue weighted by molar-refractivity contribution is 7.16. The molecule has 0 fully saturated rings. The lowest BCUT2D eigenvalue weighted by Gasteiger charge is -2.13. The van der Waals surface area contributed by atoms with Crippen molar-refractivity contribution in [1.29, 1.82) is 0 Å². The quantitative estimate of drug-likeness (QED) is 0.619. The zero-order valence-corrected chi connectivity index (χ0v) is 14.3. The predicted octanol–water partition coefficient (Wildman–Crippen LogP) is 5.30. The highest BCUT2D eigenvalue weighted by atomic mass is 35.5. The normalized spacial score (nSPS) is 11.3. The molecular formula is C16H14ClFN2S2. The second-order valence-corrected chi connectivity index (χ2v) is 7.69. The first-order valence-electron chi connectivity index (χ1n) is 6.73. The van der Waals surface area contributed by atoms with E-state index in [-0.39, 0.29) is 5.82 Å². The van der Waals surface area contributed by atoms with Crippen molar-refractivity contribution >= 4 is 34.3 Å². The van der Waals surface area contributed by atoms with Crippen molar-refractivity contribution in [3.8, 4) is 10.6 Å². The van der Waals surface area contributed by atoms with Crippen LogP contribution in [0.2, 0.25) is 4.34 Å². The van der Waals surface area contributed by atoms with Gasteiger partial charge in [-0.25, -0.2) is 9.37 Å². The second-order valence-electron chi connectivity index (χ2n) is 5.03. The van der Waals surface area contributed by atoms with Gasteiger partial charge in [-0.05, 0) is 43.4 Å². The summed E-state index contributed by atoms with van der Waals surface area (Å²) in [4.78, 5) is 8.07. The van der Waals surface area contributed by atoms with E-state index in [0.717, 1.165) is 33.7 Å². The summed E-state index contributed by atoms with van der Waals surface area (Å²) in [6.07, 6.45) is 0. The molecule has 3 rings (SSSR count). The van der Waals surface area contributed by atoms with E-state index in [9.17, 15) is 4.39 Å². The Hall–Kier alpha value is -1.27. The van der Waals surface area contributed by atoms with Crippen LogP contribution in [0.3, 0.4) is 0 Å². The van der Waals surface area contributed by atoms with Gasteiger partial charge in [0.1, 0.15) is 10.8 Å². The number of aromatic nitrogens is 1. The molecule has 3 aromatic rings. The van der Waals surface area contributed by atoms with Crippen LogP contribution in [0.25, 0.3) is 10.6 Å². The molecule has 1 aromatic carbocycles. The van der Waals surface area contributed by atoms with Gasteiger partial charge in [0.15, 0.2) is 0 Å². The summed E-state index contributed by atoms with van der Waals surface area (Å²) in [7, 11) is 2.06. The van der Waals surface area contributed by atoms with Crippen LogP contribution in [0.4, 0.5) is 4.39 Å². The smallest absolute Gasteiger partial charge is 0.123 e. The van der Waals surface area contributed by atoms with Gasteiger partial charge in [-0.2, -0.15) is 0 Å². The topological polar surface area (TPSA) is 16.1 Å². The van der Waals surface area contributed by atoms with E-state index in [2.05, 4.69) is 28.4 Å². The number of benzene rings is 1. The van der Waals surface area contributed by atoms with E-state index in [0.29, 0.717) is 0 Å². The molecule has 0 N–H and O–H groups in total. The summed E-state index contributed by atoms with van der Waals surface area (Å²) < 4.78 is 13.8. The number of nitrogens with zero attached hydrogens (tertiary/aromatic N) is 2. The van der Waals surface area contributed by atoms with Gasteiger partial charge in [0, 0.05) is 28.9 Å². The summed E-state index contributed by atoms with van der Waals surface area (Å²) >= 11 is 9.13. The van der Waals surface area contributed by atoms with Crippen molar-refractivity contribution in [2.75, 3.05) is 7.05 Å². The Kier molecular flexibility index (Phi) is 4.88. The fourth-order valence-corrected chi connectivity index (χ4v) is 4.12. The molecule has 2 aromatic heterocycles. The lowest BCUT2D eigenvalue weighted by molar-refractivity contribution is 0.319. The standard InChI is InChI=1S/C16H14ClFN2S2/c1-20(9-14-6-7-15(17)22-14)8-13-10-21-16(19-13)11-2-4-12(18)5-3-11/h2-7,10H,8-9H2,1H3. The van der Waals surface area contributed by atoms with Crippen molar-refractivity contribution < 1.29 is 4.39 Å². The summed E-state index contributed by atoms with van der Waals surface area (Å²) in [6.45, 7) is 1.62. The molecule has 0 aliphatic rings. The lowest BCUT2D eigenvalue weighted by atomic mass is 10.2. The van der Waals surface area contributed by atoms with Gasteiger partial charge in [-0.15, -0.1) is 22.7 Å². The summed E-state index contributed by atoms with van der Waals surface area (Å²) in [5.74, 6) is -0.227. The average Bonchev–Trinajstić information content (AvgIpc) is 3.09. The van der Waals surface area contributed by atoms with Crippen molar-refractivity contribution in [2.45, 2.75) is 13.1 Å². The average molecular weight is 353 g/mol. The first-order valence-corrected chi connectivity index (χ1v) is 8.80. The van der Waals surface area contributed by atoms with Crippen LogP contribution in [0, 0.1) is 5.82 Å². The van der Waals surface area contributed by atoms with Crippen LogP contribution in [0.15, 0.2) is 41.8 Å². The largest absolute Gasteiger partial charge is 0.295 e. The number of hydrogen-bond acceptors (Lipinski definition) is 4. The third kappa shape index (κ3) is 3.93. The Morgan fingerprint density at radius 1 is 1.14 bits per heavy atom. The van der Waals surface area contributed by atoms with Crippen LogP contribution < -0.4 is 0 Å². The molecule has 0 radical (unpaired) electrons. The number of halogens is 2. The number of rotatable bonds is 5. The molecule has 0 aliphatic heterocycles. The summed E-state index contributed by atoms with van der Waals surface area (Å²) in [5.41, 5.74) is 1.97. The minimum atomic E-state index is -0.227. The highest BCUT2D eigenvalue weighted by Gasteiger charge is 2.09. The van der Waals surface area contributed by atoms with E-state index in [1.54, 1.807) is 34.8 Å². The van der Waals surface area contributed by atoms with Crippen molar-refractivity contribution in [3.05, 3.63) is 62.5 Å². The maximum atomic E-state index is 13.0. The molecule has 0 spiro atoms. The Balaban J connectivity index is 1.65. The predicted molar refractivity (Wildman–Crippen MR) is 92.0 cm³/mol. The van der Waals surface area contributed by atoms with Crippen LogP contribution in [0.1, 0.15) is 10.6 Å². The van der Waals surface area contributed by atoms with Gasteiger partial charge >= 0.3 is 0 Å². The van der Waals surface area contributed by atoms with Crippen molar-refractivity contribution in [2.24, 2.45) is 0 Å². The molecule has 0 saturated carbocycles. The second kappa shape index (κ2) is 6.87. The molecule has 0 aliphatic carbocycles. The zero-order valence-electron chi connectivity index (χ0n) is 11.9. The monoisotopic (exact) mass is 352 g/mol. The maximum absolute atomic E-state index is 13.0. The van der Waals surface area contributed by atoms with Gasteiger partial charge in [-0.1, -0.05) is 11.6 Å². The molecule has 0 bridgehead atoms. The number of thiophene rings is 1. The Morgan fingerprint density at radius 3 is 2.59 bits per heavy atom. The van der Waals surface area contributed by atoms with Crippen molar-refractivity contribution in [1.82, 2.24) is 9.88 Å².